The number of anilines is 6. The molecule has 0 saturated carbocycles. The zero-order valence-electron chi connectivity index (χ0n) is 38.7. The summed E-state index contributed by atoms with van der Waals surface area (Å²) in [4.78, 5) is 4.97. The Kier molecular flexibility index (Phi) is 8.79. The van der Waals surface area contributed by atoms with Gasteiger partial charge in [0.05, 0.1) is 0 Å². The second-order valence-corrected chi connectivity index (χ2v) is 19.6. The molecule has 2 heteroatoms. The normalized spacial score (nSPS) is 13.9. The second-order valence-electron chi connectivity index (χ2n) is 19.6. The summed E-state index contributed by atoms with van der Waals surface area (Å²) >= 11 is 0. The summed E-state index contributed by atoms with van der Waals surface area (Å²) in [5.74, 6) is 0. The summed E-state index contributed by atoms with van der Waals surface area (Å²) in [5, 5.41) is 4.90. The quantitative estimate of drug-likeness (QED) is 0.159. The Morgan fingerprint density at radius 3 is 1.30 bits per heavy atom. The van der Waals surface area contributed by atoms with Crippen molar-refractivity contribution in [2.24, 2.45) is 0 Å². The van der Waals surface area contributed by atoms with Crippen molar-refractivity contribution in [3.63, 3.8) is 0 Å². The van der Waals surface area contributed by atoms with E-state index in [2.05, 4.69) is 254 Å². The monoisotopic (exact) mass is 880 g/mol. The molecule has 14 rings (SSSR count). The van der Waals surface area contributed by atoms with Gasteiger partial charge >= 0.3 is 0 Å². The molecule has 0 spiro atoms. The minimum Gasteiger partial charge on any atom is -0.310 e. The number of fused-ring (bicyclic) bond motifs is 9. The molecule has 69 heavy (non-hydrogen) atoms. The van der Waals surface area contributed by atoms with E-state index < -0.39 is 0 Å². The first-order valence-corrected chi connectivity index (χ1v) is 24.3. The molecule has 0 bridgehead atoms. The molecular weight excluding hydrogens is 833 g/mol. The van der Waals surface area contributed by atoms with Gasteiger partial charge in [0.15, 0.2) is 0 Å². The molecule has 3 aliphatic rings. The number of hydrogen-bond donors (Lipinski definition) is 0. The number of benzene rings is 11. The highest BCUT2D eigenvalue weighted by molar-refractivity contribution is 6.23. The molecule has 2 nitrogen and oxygen atoms in total. The maximum atomic E-state index is 2.48. The molecule has 0 saturated heterocycles. The topological polar surface area (TPSA) is 6.48 Å². The van der Waals surface area contributed by atoms with Crippen LogP contribution in [0.3, 0.4) is 0 Å². The van der Waals surface area contributed by atoms with Gasteiger partial charge < -0.3 is 9.80 Å². The van der Waals surface area contributed by atoms with Gasteiger partial charge in [0, 0.05) is 52.4 Å². The lowest BCUT2D eigenvalue weighted by molar-refractivity contribution is 0.660. The van der Waals surface area contributed by atoms with Crippen molar-refractivity contribution in [1.82, 2.24) is 0 Å². The highest BCUT2D eigenvalue weighted by Gasteiger charge is 2.35. The molecule has 2 aliphatic heterocycles. The third-order valence-electron chi connectivity index (χ3n) is 15.4. The summed E-state index contributed by atoms with van der Waals surface area (Å²) in [5.41, 5.74) is 25.3. The lowest BCUT2D eigenvalue weighted by atomic mass is 9.81. The average Bonchev–Trinajstić information content (AvgIpc) is 3.63. The largest absolute Gasteiger partial charge is 0.310 e. The Balaban J connectivity index is 1.04. The Labute approximate surface area is 404 Å². The van der Waals surface area contributed by atoms with Gasteiger partial charge in [-0.05, 0) is 160 Å². The summed E-state index contributed by atoms with van der Waals surface area (Å²) in [6, 6.07) is 86.5. The minimum atomic E-state index is -0.0889. The van der Waals surface area contributed by atoms with Crippen LogP contribution in [0.2, 0.25) is 0 Å². The minimum absolute atomic E-state index is 0.0889. The molecule has 11 aromatic rings. The average molecular weight is 881 g/mol. The first kappa shape index (κ1) is 39.7. The first-order valence-electron chi connectivity index (χ1n) is 24.3. The Hall–Kier alpha value is -8.46. The van der Waals surface area contributed by atoms with Gasteiger partial charge in [-0.3, -0.25) is 0 Å². The van der Waals surface area contributed by atoms with Crippen molar-refractivity contribution in [3.05, 3.63) is 264 Å². The van der Waals surface area contributed by atoms with Gasteiger partial charge in [0.2, 0.25) is 0 Å². The fourth-order valence-electron chi connectivity index (χ4n) is 12.2. The van der Waals surface area contributed by atoms with Crippen LogP contribution in [-0.2, 0) is 18.3 Å². The number of para-hydroxylation sites is 4. The van der Waals surface area contributed by atoms with E-state index in [1.165, 1.54) is 122 Å². The van der Waals surface area contributed by atoms with Crippen molar-refractivity contribution in [2.45, 2.75) is 32.1 Å². The third-order valence-corrected chi connectivity index (χ3v) is 15.4. The zero-order valence-corrected chi connectivity index (χ0v) is 38.7. The molecule has 1 aliphatic carbocycles. The molecule has 326 valence electrons. The molecular formula is C67H48N2. The van der Waals surface area contributed by atoms with Crippen molar-refractivity contribution >= 4 is 55.7 Å². The summed E-state index contributed by atoms with van der Waals surface area (Å²) < 4.78 is 0. The van der Waals surface area contributed by atoms with Gasteiger partial charge in [0.1, 0.15) is 0 Å². The van der Waals surface area contributed by atoms with Crippen LogP contribution in [0, 0.1) is 0 Å². The highest BCUT2D eigenvalue weighted by Crippen LogP contribution is 2.53. The lowest BCUT2D eigenvalue weighted by Gasteiger charge is -2.34. The van der Waals surface area contributed by atoms with Gasteiger partial charge in [-0.25, -0.2) is 0 Å². The van der Waals surface area contributed by atoms with Gasteiger partial charge in [-0.2, -0.15) is 0 Å². The standard InChI is InChI=1S/C67H48N2/c1-67(2)59-26-11-10-25-53(59)54-34-31-45(40-60(54)67)44-23-16-24-50(37-44)66-56-36-33-51(68-61-27-12-6-19-46(61)38-47-20-7-13-28-62(47)68)41-57(56)65(43-17-4-3-5-18-43)55-35-32-52(42-58(55)66)69-63-29-14-8-21-48(63)39-49-22-9-15-30-64(49)69/h3-37,40-42H,38-39H2,1-2H3. The van der Waals surface area contributed by atoms with Crippen LogP contribution >= 0.6 is 0 Å². The smallest absolute Gasteiger partial charge is 0.0497 e. The van der Waals surface area contributed by atoms with E-state index in [-0.39, 0.29) is 5.41 Å². The number of nitrogens with zero attached hydrogens (tertiary/aromatic N) is 2. The summed E-state index contributed by atoms with van der Waals surface area (Å²) in [6.07, 6.45) is 1.83. The third kappa shape index (κ3) is 6.12. The predicted octanol–water partition coefficient (Wildman–Crippen LogP) is 18.0. The SMILES string of the molecule is CC1(C)c2ccccc2-c2ccc(-c3cccc(-c4c5ccc(N6c7ccccc7Cc7ccccc76)cc5c(-c5ccccc5)c5ccc(N6c7ccccc7Cc7ccccc76)cc45)c3)cc21. The number of hydrogen-bond acceptors (Lipinski definition) is 2. The maximum Gasteiger partial charge on any atom is 0.0497 e. The van der Waals surface area contributed by atoms with Crippen LogP contribution in [-0.4, -0.2) is 0 Å². The van der Waals surface area contributed by atoms with Crippen LogP contribution in [0.4, 0.5) is 34.1 Å². The van der Waals surface area contributed by atoms with E-state index >= 15 is 0 Å². The van der Waals surface area contributed by atoms with Crippen LogP contribution in [0.25, 0.3) is 66.1 Å². The van der Waals surface area contributed by atoms with E-state index in [0.717, 1.165) is 24.2 Å². The van der Waals surface area contributed by atoms with E-state index in [4.69, 9.17) is 0 Å². The fraction of sp³-hybridized carbons (Fsp3) is 0.0746. The van der Waals surface area contributed by atoms with Crippen LogP contribution in [0.5, 0.6) is 0 Å². The van der Waals surface area contributed by atoms with Crippen LogP contribution in [0.1, 0.15) is 47.2 Å². The van der Waals surface area contributed by atoms with Crippen molar-refractivity contribution in [3.8, 4) is 44.5 Å². The zero-order chi connectivity index (χ0) is 45.8. The van der Waals surface area contributed by atoms with Gasteiger partial charge in [-0.1, -0.05) is 184 Å². The van der Waals surface area contributed by atoms with E-state index in [9.17, 15) is 0 Å². The fourth-order valence-corrected chi connectivity index (χ4v) is 12.2. The molecule has 0 amide bonds. The van der Waals surface area contributed by atoms with Crippen molar-refractivity contribution < 1.29 is 0 Å². The van der Waals surface area contributed by atoms with Gasteiger partial charge in [-0.15, -0.1) is 0 Å². The molecule has 0 N–H and O–H groups in total. The van der Waals surface area contributed by atoms with E-state index in [1.807, 2.05) is 0 Å². The molecule has 0 radical (unpaired) electrons. The van der Waals surface area contributed by atoms with Crippen molar-refractivity contribution in [1.29, 1.82) is 0 Å². The van der Waals surface area contributed by atoms with Gasteiger partial charge in [0.25, 0.3) is 0 Å². The maximum absolute atomic E-state index is 2.48. The van der Waals surface area contributed by atoms with E-state index in [0.29, 0.717) is 0 Å². The molecule has 0 atom stereocenters. The van der Waals surface area contributed by atoms with E-state index in [1.54, 1.807) is 0 Å². The van der Waals surface area contributed by atoms with Crippen LogP contribution in [0.15, 0.2) is 231 Å². The first-order chi connectivity index (χ1) is 34.0. The Morgan fingerprint density at radius 2 is 0.739 bits per heavy atom. The Morgan fingerprint density at radius 1 is 0.304 bits per heavy atom. The molecule has 11 aromatic carbocycles. The highest BCUT2D eigenvalue weighted by atomic mass is 15.2. The van der Waals surface area contributed by atoms with Crippen LogP contribution < -0.4 is 9.80 Å². The molecule has 0 unspecified atom stereocenters. The molecule has 2 heterocycles. The summed E-state index contributed by atoms with van der Waals surface area (Å²) in [7, 11) is 0. The lowest BCUT2D eigenvalue weighted by Crippen LogP contribution is -2.18. The predicted molar refractivity (Wildman–Crippen MR) is 290 cm³/mol. The molecule has 0 fully saturated rings. The second kappa shape index (κ2) is 15.3. The molecule has 0 aromatic heterocycles. The van der Waals surface area contributed by atoms with Crippen molar-refractivity contribution in [2.75, 3.05) is 9.80 Å². The number of rotatable bonds is 5. The Bertz CT molecular complexity index is 3800. The summed E-state index contributed by atoms with van der Waals surface area (Å²) in [6.45, 7) is 4.74.